The van der Waals surface area contributed by atoms with Crippen LogP contribution in [0.1, 0.15) is 12.0 Å². The molecule has 0 unspecified atom stereocenters. The molecule has 9 nitrogen and oxygen atoms in total. The van der Waals surface area contributed by atoms with Crippen LogP contribution < -0.4 is 20.1 Å². The summed E-state index contributed by atoms with van der Waals surface area (Å²) in [6.07, 6.45) is 2.46. The highest BCUT2D eigenvalue weighted by Gasteiger charge is 2.35. The number of nitrogens with zero attached hydrogens (tertiary/aromatic N) is 2. The first-order valence-electron chi connectivity index (χ1n) is 10.0. The van der Waals surface area contributed by atoms with Crippen molar-refractivity contribution in [1.29, 1.82) is 5.26 Å². The van der Waals surface area contributed by atoms with E-state index >= 15 is 0 Å². The number of ether oxygens (including phenoxy) is 1. The lowest BCUT2D eigenvalue weighted by atomic mass is 10.2. The third-order valence-corrected chi connectivity index (χ3v) is 8.19. The molecule has 1 heterocycles. The number of likely N-dealkylation sites (tertiary alicyclic amines) is 1. The molecule has 0 aliphatic carbocycles. The van der Waals surface area contributed by atoms with Gasteiger partial charge >= 0.3 is 6.03 Å². The molecule has 3 rings (SSSR count). The lowest BCUT2D eigenvalue weighted by molar-refractivity contribution is 0.236. The van der Waals surface area contributed by atoms with Crippen molar-refractivity contribution in [2.24, 2.45) is 0 Å². The maximum absolute atomic E-state index is 12.8. The van der Waals surface area contributed by atoms with Gasteiger partial charge in [-0.15, -0.1) is 0 Å². The fourth-order valence-electron chi connectivity index (χ4n) is 3.58. The number of sulfonamides is 1. The molecule has 1 fully saturated rings. The Bertz CT molecular complexity index is 1160. The Labute approximate surface area is 209 Å². The van der Waals surface area contributed by atoms with Gasteiger partial charge in [-0.1, -0.05) is 34.1 Å². The zero-order valence-corrected chi connectivity index (χ0v) is 21.7. The van der Waals surface area contributed by atoms with Gasteiger partial charge in [0.1, 0.15) is 5.75 Å². The molecule has 33 heavy (non-hydrogen) atoms. The first kappa shape index (κ1) is 25.3. The molecule has 3 N–H and O–H groups in total. The van der Waals surface area contributed by atoms with Crippen LogP contribution in [0.25, 0.3) is 0 Å². The van der Waals surface area contributed by atoms with Gasteiger partial charge in [-0.25, -0.2) is 17.9 Å². The summed E-state index contributed by atoms with van der Waals surface area (Å²) >= 11 is 6.55. The van der Waals surface area contributed by atoms with E-state index in [-0.39, 0.29) is 36.6 Å². The van der Waals surface area contributed by atoms with Gasteiger partial charge in [0, 0.05) is 40.2 Å². The molecule has 12 heteroatoms. The van der Waals surface area contributed by atoms with Crippen LogP contribution in [0.2, 0.25) is 0 Å². The highest BCUT2D eigenvalue weighted by Crippen LogP contribution is 2.27. The number of halogens is 2. The third kappa shape index (κ3) is 6.60. The summed E-state index contributed by atoms with van der Waals surface area (Å²) in [4.78, 5) is 13.8. The number of nitrogens with one attached hydrogen (secondary N) is 3. The van der Waals surface area contributed by atoms with Gasteiger partial charge in [0.15, 0.2) is 6.19 Å². The number of hydrogen-bond donors (Lipinski definition) is 3. The van der Waals surface area contributed by atoms with Gasteiger partial charge in [-0.3, -0.25) is 0 Å². The standard InChI is InChI=1S/C21H23Br2N5O4S/c1-32-19-5-3-2-4-14(19)10-25-21(29)26-11-17-9-16(12-28(17)13-24)27-33(30,31)20-8-15(22)6-7-18(20)23/h2-8,16-17,27H,9-12H2,1H3,(H2,25,26,29)/t16-,17-/m1/s1. The largest absolute Gasteiger partial charge is 0.496 e. The molecule has 1 aliphatic heterocycles. The molecule has 2 aromatic rings. The second-order valence-electron chi connectivity index (χ2n) is 7.41. The van der Waals surface area contributed by atoms with Crippen molar-refractivity contribution in [3.63, 3.8) is 0 Å². The Morgan fingerprint density at radius 2 is 2.00 bits per heavy atom. The Kier molecular flexibility index (Phi) is 8.58. The van der Waals surface area contributed by atoms with Crippen molar-refractivity contribution >= 4 is 47.9 Å². The fraction of sp³-hybridized carbons (Fsp3) is 0.333. The van der Waals surface area contributed by atoms with Crippen LogP contribution in [0, 0.1) is 11.5 Å². The van der Waals surface area contributed by atoms with Crippen LogP contribution in [-0.2, 0) is 16.6 Å². The Morgan fingerprint density at radius 1 is 1.24 bits per heavy atom. The van der Waals surface area contributed by atoms with Crippen molar-refractivity contribution in [3.05, 3.63) is 57.0 Å². The van der Waals surface area contributed by atoms with E-state index in [0.29, 0.717) is 21.1 Å². The number of urea groups is 1. The summed E-state index contributed by atoms with van der Waals surface area (Å²) in [6, 6.07) is 11.1. The molecule has 0 aromatic heterocycles. The van der Waals surface area contributed by atoms with E-state index in [1.165, 1.54) is 11.0 Å². The number of carbonyl (C=O) groups is 1. The summed E-state index contributed by atoms with van der Waals surface area (Å²) in [6.45, 7) is 0.701. The highest BCUT2D eigenvalue weighted by molar-refractivity contribution is 9.11. The first-order chi connectivity index (χ1) is 15.7. The number of benzene rings is 2. The summed E-state index contributed by atoms with van der Waals surface area (Å²) in [5.74, 6) is 0.677. The predicted molar refractivity (Wildman–Crippen MR) is 130 cm³/mol. The summed E-state index contributed by atoms with van der Waals surface area (Å²) in [7, 11) is -2.24. The van der Waals surface area contributed by atoms with E-state index in [9.17, 15) is 18.5 Å². The van der Waals surface area contributed by atoms with Crippen LogP contribution >= 0.6 is 31.9 Å². The molecule has 2 amide bonds. The zero-order chi connectivity index (χ0) is 24.0. The zero-order valence-electron chi connectivity index (χ0n) is 17.7. The SMILES string of the molecule is COc1ccccc1CNC(=O)NC[C@H]1C[C@@H](NS(=O)(=O)c2cc(Br)ccc2Br)CN1C#N. The van der Waals surface area contributed by atoms with E-state index in [1.54, 1.807) is 19.2 Å². The number of methoxy groups -OCH3 is 1. The minimum Gasteiger partial charge on any atom is -0.496 e. The minimum absolute atomic E-state index is 0.109. The maximum atomic E-state index is 12.8. The van der Waals surface area contributed by atoms with Gasteiger partial charge in [0.25, 0.3) is 0 Å². The lowest BCUT2D eigenvalue weighted by Crippen LogP contribution is -2.42. The van der Waals surface area contributed by atoms with Crippen molar-refractivity contribution in [3.8, 4) is 11.9 Å². The van der Waals surface area contributed by atoms with Gasteiger partial charge < -0.3 is 20.3 Å². The molecule has 2 aromatic carbocycles. The van der Waals surface area contributed by atoms with Gasteiger partial charge in [-0.2, -0.15) is 5.26 Å². The topological polar surface area (TPSA) is 124 Å². The van der Waals surface area contributed by atoms with Gasteiger partial charge in [0.05, 0.1) is 18.0 Å². The average Bonchev–Trinajstić information content (AvgIpc) is 3.18. The van der Waals surface area contributed by atoms with E-state index in [4.69, 9.17) is 4.74 Å². The molecule has 0 saturated carbocycles. The van der Waals surface area contributed by atoms with Crippen molar-refractivity contribution in [1.82, 2.24) is 20.3 Å². The Morgan fingerprint density at radius 3 is 2.73 bits per heavy atom. The van der Waals surface area contributed by atoms with Gasteiger partial charge in [0.2, 0.25) is 10.0 Å². The molecule has 1 aliphatic rings. The summed E-state index contributed by atoms with van der Waals surface area (Å²) < 4.78 is 34.7. The fourth-order valence-corrected chi connectivity index (χ4v) is 6.32. The van der Waals surface area contributed by atoms with Crippen LogP contribution in [0.4, 0.5) is 4.79 Å². The molecular formula is C21H23Br2N5O4S. The molecule has 0 bridgehead atoms. The molecule has 176 valence electrons. The highest BCUT2D eigenvalue weighted by atomic mass is 79.9. The van der Waals surface area contributed by atoms with Crippen LogP contribution in [0.15, 0.2) is 56.3 Å². The minimum atomic E-state index is -3.80. The number of carbonyl (C=O) groups excluding carboxylic acids is 1. The molecule has 0 radical (unpaired) electrons. The third-order valence-electron chi connectivity index (χ3n) is 5.18. The van der Waals surface area contributed by atoms with E-state index in [2.05, 4.69) is 53.4 Å². The number of amides is 2. The predicted octanol–water partition coefficient (Wildman–Crippen LogP) is 2.92. The maximum Gasteiger partial charge on any atom is 0.315 e. The van der Waals surface area contributed by atoms with E-state index < -0.39 is 16.1 Å². The Hall–Kier alpha value is -2.33. The van der Waals surface area contributed by atoms with Crippen LogP contribution in [0.5, 0.6) is 5.75 Å². The summed E-state index contributed by atoms with van der Waals surface area (Å²) in [5, 5.41) is 15.0. The van der Waals surface area contributed by atoms with E-state index in [1.807, 2.05) is 24.3 Å². The normalized spacial score (nSPS) is 17.9. The molecule has 1 saturated heterocycles. The molecular weight excluding hydrogens is 578 g/mol. The van der Waals surface area contributed by atoms with Crippen molar-refractivity contribution < 1.29 is 17.9 Å². The molecule has 2 atom stereocenters. The number of rotatable bonds is 8. The lowest BCUT2D eigenvalue weighted by Gasteiger charge is -2.18. The quantitative estimate of drug-likeness (QED) is 0.400. The van der Waals surface area contributed by atoms with Crippen LogP contribution in [0.3, 0.4) is 0 Å². The van der Waals surface area contributed by atoms with E-state index in [0.717, 1.165) is 5.56 Å². The summed E-state index contributed by atoms with van der Waals surface area (Å²) in [5.41, 5.74) is 0.836. The number of hydrogen-bond acceptors (Lipinski definition) is 6. The number of para-hydroxylation sites is 1. The Balaban J connectivity index is 1.55. The first-order valence-corrected chi connectivity index (χ1v) is 13.1. The van der Waals surface area contributed by atoms with Crippen LogP contribution in [-0.4, -0.2) is 51.6 Å². The number of nitriles is 1. The van der Waals surface area contributed by atoms with Crippen molar-refractivity contribution in [2.45, 2.75) is 29.9 Å². The van der Waals surface area contributed by atoms with Crippen molar-refractivity contribution in [2.75, 3.05) is 20.2 Å². The molecule has 0 spiro atoms. The smallest absolute Gasteiger partial charge is 0.315 e. The monoisotopic (exact) mass is 599 g/mol. The average molecular weight is 601 g/mol. The second kappa shape index (κ2) is 11.2. The van der Waals surface area contributed by atoms with Gasteiger partial charge in [-0.05, 0) is 46.6 Å². The second-order valence-corrected chi connectivity index (χ2v) is 10.9.